The number of amides is 2. The molecule has 0 radical (unpaired) electrons. The number of nitrogens with zero attached hydrogens (tertiary/aromatic N) is 2. The number of hydrogen-bond acceptors (Lipinski definition) is 5. The second kappa shape index (κ2) is 15.7. The minimum absolute atomic E-state index is 0.0322. The van der Waals surface area contributed by atoms with Crippen molar-refractivity contribution in [1.29, 1.82) is 0 Å². The average Bonchev–Trinajstić information content (AvgIpc) is 3.06. The fourth-order valence-corrected chi connectivity index (χ4v) is 6.52. The SMILES string of the molecule is CCC(C)NC(=O)C(Cc1ccccc1)N(Cc1ccc(F)cc1)C(=O)CN(c1ccc(OC)c(Cl)c1)S(=O)(=O)c1ccccc1. The highest BCUT2D eigenvalue weighted by Gasteiger charge is 2.35. The monoisotopic (exact) mass is 665 g/mol. The number of halogens is 2. The second-order valence-electron chi connectivity index (χ2n) is 10.8. The quantitative estimate of drug-likeness (QED) is 0.172. The van der Waals surface area contributed by atoms with Crippen LogP contribution < -0.4 is 14.4 Å². The first-order chi connectivity index (χ1) is 22.0. The van der Waals surface area contributed by atoms with Gasteiger partial charge in [-0.3, -0.25) is 13.9 Å². The van der Waals surface area contributed by atoms with Crippen LogP contribution in [0.25, 0.3) is 0 Å². The van der Waals surface area contributed by atoms with Gasteiger partial charge in [-0.15, -0.1) is 0 Å². The molecule has 0 aliphatic rings. The summed E-state index contributed by atoms with van der Waals surface area (Å²) >= 11 is 6.41. The number of methoxy groups -OCH3 is 1. The lowest BCUT2D eigenvalue weighted by Crippen LogP contribution is -2.54. The molecular formula is C35H37ClFN3O5S. The van der Waals surface area contributed by atoms with E-state index in [1.807, 2.05) is 44.2 Å². The first-order valence-corrected chi connectivity index (χ1v) is 16.6. The van der Waals surface area contributed by atoms with Crippen molar-refractivity contribution in [1.82, 2.24) is 10.2 Å². The highest BCUT2D eigenvalue weighted by molar-refractivity contribution is 7.92. The molecule has 2 amide bonds. The Bertz CT molecular complexity index is 1720. The molecule has 4 rings (SSSR count). The molecule has 0 fully saturated rings. The Morgan fingerprint density at radius 3 is 2.13 bits per heavy atom. The molecule has 4 aromatic carbocycles. The lowest BCUT2D eigenvalue weighted by molar-refractivity contribution is -0.140. The Morgan fingerprint density at radius 1 is 0.913 bits per heavy atom. The molecule has 0 aliphatic heterocycles. The van der Waals surface area contributed by atoms with Crippen LogP contribution in [0.5, 0.6) is 5.75 Å². The van der Waals surface area contributed by atoms with E-state index in [1.165, 1.54) is 66.6 Å². The van der Waals surface area contributed by atoms with Crippen LogP contribution in [0.2, 0.25) is 5.02 Å². The van der Waals surface area contributed by atoms with Gasteiger partial charge in [0.1, 0.15) is 24.2 Å². The van der Waals surface area contributed by atoms with E-state index in [2.05, 4.69) is 5.32 Å². The summed E-state index contributed by atoms with van der Waals surface area (Å²) in [5.74, 6) is -1.15. The molecule has 0 saturated carbocycles. The molecule has 4 aromatic rings. The van der Waals surface area contributed by atoms with Gasteiger partial charge in [0, 0.05) is 19.0 Å². The summed E-state index contributed by atoms with van der Waals surface area (Å²) in [4.78, 5) is 29.7. The molecule has 0 heterocycles. The van der Waals surface area contributed by atoms with Gasteiger partial charge in [0.15, 0.2) is 0 Å². The molecule has 8 nitrogen and oxygen atoms in total. The molecule has 1 N–H and O–H groups in total. The number of ether oxygens (including phenoxy) is 1. The molecule has 0 saturated heterocycles. The van der Waals surface area contributed by atoms with E-state index in [-0.39, 0.29) is 34.6 Å². The Hall–Kier alpha value is -4.41. The third kappa shape index (κ3) is 8.64. The minimum Gasteiger partial charge on any atom is -0.495 e. The van der Waals surface area contributed by atoms with Crippen molar-refractivity contribution in [3.8, 4) is 5.75 Å². The Labute approximate surface area is 274 Å². The fraction of sp³-hybridized carbons (Fsp3) is 0.257. The summed E-state index contributed by atoms with van der Waals surface area (Å²) in [7, 11) is -2.85. The number of nitrogens with one attached hydrogen (secondary N) is 1. The summed E-state index contributed by atoms with van der Waals surface area (Å²) in [6.07, 6.45) is 0.826. The number of carbonyl (C=O) groups excluding carboxylic acids is 2. The summed E-state index contributed by atoms with van der Waals surface area (Å²) in [6.45, 7) is 3.08. The van der Waals surface area contributed by atoms with Crippen molar-refractivity contribution in [2.45, 2.75) is 50.2 Å². The van der Waals surface area contributed by atoms with E-state index < -0.39 is 40.2 Å². The van der Waals surface area contributed by atoms with Gasteiger partial charge in [-0.05, 0) is 66.9 Å². The van der Waals surface area contributed by atoms with E-state index in [4.69, 9.17) is 16.3 Å². The highest BCUT2D eigenvalue weighted by Crippen LogP contribution is 2.32. The second-order valence-corrected chi connectivity index (χ2v) is 13.1. The van der Waals surface area contributed by atoms with Gasteiger partial charge >= 0.3 is 0 Å². The van der Waals surface area contributed by atoms with Crippen LogP contribution in [0.4, 0.5) is 10.1 Å². The van der Waals surface area contributed by atoms with E-state index in [1.54, 1.807) is 18.2 Å². The normalized spacial score (nSPS) is 12.5. The first kappa shape index (κ1) is 34.5. The third-order valence-corrected chi connectivity index (χ3v) is 9.66. The largest absolute Gasteiger partial charge is 0.495 e. The topological polar surface area (TPSA) is 96.0 Å². The standard InChI is InChI=1S/C35H37ClFN3O5S/c1-4-25(2)38-35(42)32(21-26-11-7-5-8-12-26)39(23-27-15-17-28(37)18-16-27)34(41)24-40(29-19-20-33(45-3)31(36)22-29)46(43,44)30-13-9-6-10-14-30/h5-20,22,25,32H,4,21,23-24H2,1-3H3,(H,38,42). The smallest absolute Gasteiger partial charge is 0.264 e. The van der Waals surface area contributed by atoms with Crippen LogP contribution in [-0.4, -0.2) is 50.9 Å². The number of carbonyl (C=O) groups is 2. The molecule has 0 aromatic heterocycles. The molecule has 11 heteroatoms. The summed E-state index contributed by atoms with van der Waals surface area (Å²) in [5.41, 5.74) is 1.50. The number of benzene rings is 4. The molecular weight excluding hydrogens is 629 g/mol. The first-order valence-electron chi connectivity index (χ1n) is 14.8. The van der Waals surface area contributed by atoms with Gasteiger partial charge in [0.05, 0.1) is 22.7 Å². The van der Waals surface area contributed by atoms with E-state index in [9.17, 15) is 22.4 Å². The number of hydrogen-bond donors (Lipinski definition) is 1. The van der Waals surface area contributed by atoms with E-state index in [0.29, 0.717) is 17.7 Å². The predicted octanol–water partition coefficient (Wildman–Crippen LogP) is 6.24. The lowest BCUT2D eigenvalue weighted by Gasteiger charge is -2.34. The average molecular weight is 666 g/mol. The Balaban J connectivity index is 1.82. The molecule has 242 valence electrons. The van der Waals surface area contributed by atoms with Crippen LogP contribution >= 0.6 is 11.6 Å². The van der Waals surface area contributed by atoms with Crippen LogP contribution in [0.15, 0.2) is 108 Å². The molecule has 0 aliphatic carbocycles. The maximum absolute atomic E-state index is 14.5. The summed E-state index contributed by atoms with van der Waals surface area (Å²) in [6, 6.07) is 25.8. The van der Waals surface area contributed by atoms with Gasteiger partial charge in [0.25, 0.3) is 10.0 Å². The van der Waals surface area contributed by atoms with Crippen molar-refractivity contribution < 1.29 is 27.1 Å². The van der Waals surface area contributed by atoms with Gasteiger partial charge in [-0.2, -0.15) is 0 Å². The van der Waals surface area contributed by atoms with Crippen molar-refractivity contribution >= 4 is 39.1 Å². The third-order valence-electron chi connectivity index (χ3n) is 7.57. The van der Waals surface area contributed by atoms with Crippen LogP contribution in [0, 0.1) is 5.82 Å². The molecule has 46 heavy (non-hydrogen) atoms. The van der Waals surface area contributed by atoms with Gasteiger partial charge in [-0.1, -0.05) is 79.2 Å². The number of anilines is 1. The zero-order valence-corrected chi connectivity index (χ0v) is 27.5. The molecule has 2 atom stereocenters. The van der Waals surface area contributed by atoms with E-state index >= 15 is 0 Å². The lowest BCUT2D eigenvalue weighted by atomic mass is 10.0. The summed E-state index contributed by atoms with van der Waals surface area (Å²) < 4.78 is 48.2. The van der Waals surface area contributed by atoms with Crippen molar-refractivity contribution in [2.75, 3.05) is 18.0 Å². The number of rotatable bonds is 14. The zero-order chi connectivity index (χ0) is 33.3. The van der Waals surface area contributed by atoms with Crippen molar-refractivity contribution in [3.05, 3.63) is 125 Å². The van der Waals surface area contributed by atoms with Crippen LogP contribution in [-0.2, 0) is 32.6 Å². The maximum atomic E-state index is 14.5. The highest BCUT2D eigenvalue weighted by atomic mass is 35.5. The summed E-state index contributed by atoms with van der Waals surface area (Å²) in [5, 5.41) is 3.14. The van der Waals surface area contributed by atoms with Crippen molar-refractivity contribution in [2.24, 2.45) is 0 Å². The van der Waals surface area contributed by atoms with Gasteiger partial charge in [-0.25, -0.2) is 12.8 Å². The Kier molecular flexibility index (Phi) is 11.8. The van der Waals surface area contributed by atoms with Crippen LogP contribution in [0.1, 0.15) is 31.4 Å². The van der Waals surface area contributed by atoms with Gasteiger partial charge < -0.3 is 15.0 Å². The van der Waals surface area contributed by atoms with E-state index in [0.717, 1.165) is 9.87 Å². The number of sulfonamides is 1. The Morgan fingerprint density at radius 2 is 1.54 bits per heavy atom. The maximum Gasteiger partial charge on any atom is 0.264 e. The minimum atomic E-state index is -4.29. The molecule has 0 bridgehead atoms. The zero-order valence-electron chi connectivity index (χ0n) is 25.9. The predicted molar refractivity (Wildman–Crippen MR) is 178 cm³/mol. The molecule has 2 unspecified atom stereocenters. The molecule has 0 spiro atoms. The fourth-order valence-electron chi connectivity index (χ4n) is 4.84. The van der Waals surface area contributed by atoms with Gasteiger partial charge in [0.2, 0.25) is 11.8 Å². The van der Waals surface area contributed by atoms with Crippen LogP contribution in [0.3, 0.4) is 0 Å². The van der Waals surface area contributed by atoms with Crippen molar-refractivity contribution in [3.63, 3.8) is 0 Å².